The summed E-state index contributed by atoms with van der Waals surface area (Å²) in [6, 6.07) is 2.55. The minimum absolute atomic E-state index is 0.0338. The fourth-order valence-corrected chi connectivity index (χ4v) is 5.42. The number of ether oxygens (including phenoxy) is 1. The van der Waals surface area contributed by atoms with Gasteiger partial charge in [-0.2, -0.15) is 0 Å². The molecule has 3 amide bonds. The van der Waals surface area contributed by atoms with Gasteiger partial charge in [0.15, 0.2) is 5.82 Å². The standard InChI is InChI=1S/C25H34FN3O4/c1-2-6-22(24(31)27-16-30)29-15-20-19(25(29)32)9-10-21(23(20)26)28-13-11-18(12-14-28)33-17-7-4-3-5-8-17/h9-10,16-18,22H,2-8,11-15H2,1H3,(H,27,30,31). The third-order valence-corrected chi connectivity index (χ3v) is 7.20. The molecule has 2 heterocycles. The lowest BCUT2D eigenvalue weighted by atomic mass is 9.97. The number of carbonyl (C=O) groups excluding carboxylic acids is 3. The maximum Gasteiger partial charge on any atom is 0.255 e. The van der Waals surface area contributed by atoms with Gasteiger partial charge in [0.25, 0.3) is 5.91 Å². The molecule has 4 rings (SSSR count). The van der Waals surface area contributed by atoms with Crippen LogP contribution in [0.5, 0.6) is 0 Å². The van der Waals surface area contributed by atoms with Gasteiger partial charge < -0.3 is 14.5 Å². The number of nitrogens with zero attached hydrogens (tertiary/aromatic N) is 2. The van der Waals surface area contributed by atoms with E-state index in [1.165, 1.54) is 24.2 Å². The van der Waals surface area contributed by atoms with E-state index < -0.39 is 11.9 Å². The van der Waals surface area contributed by atoms with Crippen molar-refractivity contribution in [2.75, 3.05) is 18.0 Å². The third kappa shape index (κ3) is 5.05. The Balaban J connectivity index is 1.43. The molecule has 1 N–H and O–H groups in total. The predicted molar refractivity (Wildman–Crippen MR) is 122 cm³/mol. The molecule has 1 aromatic rings. The van der Waals surface area contributed by atoms with E-state index in [4.69, 9.17) is 4.74 Å². The van der Waals surface area contributed by atoms with Gasteiger partial charge in [-0.25, -0.2) is 4.39 Å². The first-order valence-corrected chi connectivity index (χ1v) is 12.3. The average Bonchev–Trinajstić information content (AvgIpc) is 3.16. The summed E-state index contributed by atoms with van der Waals surface area (Å²) >= 11 is 0. The van der Waals surface area contributed by atoms with Crippen LogP contribution in [0.3, 0.4) is 0 Å². The monoisotopic (exact) mass is 459 g/mol. The molecule has 0 spiro atoms. The molecule has 3 aliphatic rings. The van der Waals surface area contributed by atoms with E-state index in [-0.39, 0.29) is 24.4 Å². The number of amides is 3. The molecular weight excluding hydrogens is 425 g/mol. The lowest BCUT2D eigenvalue weighted by Crippen LogP contribution is -2.46. The second-order valence-corrected chi connectivity index (χ2v) is 9.37. The highest BCUT2D eigenvalue weighted by molar-refractivity contribution is 6.02. The van der Waals surface area contributed by atoms with E-state index >= 15 is 4.39 Å². The number of piperidine rings is 1. The molecule has 1 saturated heterocycles. The number of rotatable bonds is 8. The van der Waals surface area contributed by atoms with Crippen LogP contribution in [0.2, 0.25) is 0 Å². The Labute approximate surface area is 194 Å². The maximum absolute atomic E-state index is 15.6. The van der Waals surface area contributed by atoms with Crippen LogP contribution in [0.25, 0.3) is 0 Å². The van der Waals surface area contributed by atoms with E-state index in [2.05, 4.69) is 5.32 Å². The highest BCUT2D eigenvalue weighted by Crippen LogP contribution is 2.35. The molecule has 0 radical (unpaired) electrons. The molecule has 0 bridgehead atoms. The van der Waals surface area contributed by atoms with Gasteiger partial charge in [-0.1, -0.05) is 32.6 Å². The molecule has 1 unspecified atom stereocenters. The molecule has 1 saturated carbocycles. The predicted octanol–water partition coefficient (Wildman–Crippen LogP) is 3.54. The highest BCUT2D eigenvalue weighted by atomic mass is 19.1. The number of nitrogens with one attached hydrogen (secondary N) is 1. The molecule has 8 heteroatoms. The summed E-state index contributed by atoms with van der Waals surface area (Å²) in [4.78, 5) is 39.4. The largest absolute Gasteiger partial charge is 0.375 e. The summed E-state index contributed by atoms with van der Waals surface area (Å²) in [6.45, 7) is 3.36. The molecule has 1 aliphatic carbocycles. The minimum atomic E-state index is -0.796. The zero-order valence-electron chi connectivity index (χ0n) is 19.4. The fourth-order valence-electron chi connectivity index (χ4n) is 5.42. The van der Waals surface area contributed by atoms with Crippen LogP contribution in [0.15, 0.2) is 12.1 Å². The number of anilines is 1. The van der Waals surface area contributed by atoms with Crippen molar-refractivity contribution in [3.05, 3.63) is 29.1 Å². The summed E-state index contributed by atoms with van der Waals surface area (Å²) in [5, 5.41) is 2.14. The van der Waals surface area contributed by atoms with Crippen LogP contribution in [0.4, 0.5) is 10.1 Å². The van der Waals surface area contributed by atoms with E-state index in [1.807, 2.05) is 11.8 Å². The molecule has 2 aliphatic heterocycles. The van der Waals surface area contributed by atoms with E-state index in [0.29, 0.717) is 55.3 Å². The Bertz CT molecular complexity index is 879. The molecule has 1 atom stereocenters. The summed E-state index contributed by atoms with van der Waals surface area (Å²) in [6.07, 6.45) is 9.79. The molecule has 180 valence electrons. The molecule has 33 heavy (non-hydrogen) atoms. The van der Waals surface area contributed by atoms with Crippen LogP contribution >= 0.6 is 0 Å². The quantitative estimate of drug-likeness (QED) is 0.602. The van der Waals surface area contributed by atoms with Crippen molar-refractivity contribution in [3.8, 4) is 0 Å². The van der Waals surface area contributed by atoms with Crippen LogP contribution in [0.1, 0.15) is 80.6 Å². The Kier molecular flexibility index (Phi) is 7.63. The molecule has 7 nitrogen and oxygen atoms in total. The summed E-state index contributed by atoms with van der Waals surface area (Å²) < 4.78 is 21.9. The fraction of sp³-hybridized carbons (Fsp3) is 0.640. The zero-order chi connectivity index (χ0) is 23.4. The first-order chi connectivity index (χ1) is 16.0. The minimum Gasteiger partial charge on any atom is -0.375 e. The number of benzene rings is 1. The number of hydrogen-bond donors (Lipinski definition) is 1. The molecule has 2 fully saturated rings. The molecular formula is C25H34FN3O4. The number of hydrogen-bond acceptors (Lipinski definition) is 5. The van der Waals surface area contributed by atoms with E-state index in [9.17, 15) is 14.4 Å². The Morgan fingerprint density at radius 1 is 1.18 bits per heavy atom. The van der Waals surface area contributed by atoms with Crippen molar-refractivity contribution >= 4 is 23.9 Å². The van der Waals surface area contributed by atoms with Gasteiger partial charge in [0.1, 0.15) is 6.04 Å². The Morgan fingerprint density at radius 3 is 2.55 bits per heavy atom. The van der Waals surface area contributed by atoms with Gasteiger partial charge in [-0.15, -0.1) is 0 Å². The van der Waals surface area contributed by atoms with Crippen molar-refractivity contribution in [2.45, 2.75) is 89.5 Å². The lowest BCUT2D eigenvalue weighted by Gasteiger charge is -2.36. The van der Waals surface area contributed by atoms with Crippen molar-refractivity contribution in [1.82, 2.24) is 10.2 Å². The Hall–Kier alpha value is -2.48. The zero-order valence-corrected chi connectivity index (χ0v) is 19.4. The van der Waals surface area contributed by atoms with Crippen molar-refractivity contribution in [1.29, 1.82) is 0 Å². The summed E-state index contributed by atoms with van der Waals surface area (Å²) in [5.41, 5.74) is 1.13. The van der Waals surface area contributed by atoms with Crippen molar-refractivity contribution < 1.29 is 23.5 Å². The number of imide groups is 1. The summed E-state index contributed by atoms with van der Waals surface area (Å²) in [5.74, 6) is -1.29. The van der Waals surface area contributed by atoms with Gasteiger partial charge in [0.2, 0.25) is 12.3 Å². The normalized spacial score (nSPS) is 20.6. The summed E-state index contributed by atoms with van der Waals surface area (Å²) in [7, 11) is 0. The van der Waals surface area contributed by atoms with Crippen LogP contribution in [-0.4, -0.2) is 54.5 Å². The van der Waals surface area contributed by atoms with Crippen molar-refractivity contribution in [3.63, 3.8) is 0 Å². The maximum atomic E-state index is 15.6. The van der Waals surface area contributed by atoms with E-state index in [1.54, 1.807) is 12.1 Å². The van der Waals surface area contributed by atoms with Gasteiger partial charge >= 0.3 is 0 Å². The van der Waals surface area contributed by atoms with Crippen LogP contribution < -0.4 is 10.2 Å². The first kappa shape index (κ1) is 23.7. The lowest BCUT2D eigenvalue weighted by molar-refractivity contribution is -0.129. The van der Waals surface area contributed by atoms with Gasteiger partial charge in [0, 0.05) is 24.2 Å². The molecule has 0 aromatic heterocycles. The van der Waals surface area contributed by atoms with Crippen LogP contribution in [-0.2, 0) is 20.9 Å². The molecule has 1 aromatic carbocycles. The number of fused-ring (bicyclic) bond motifs is 1. The Morgan fingerprint density at radius 2 is 1.88 bits per heavy atom. The highest BCUT2D eigenvalue weighted by Gasteiger charge is 2.38. The number of halogens is 1. The second kappa shape index (κ2) is 10.6. The average molecular weight is 460 g/mol. The SMILES string of the molecule is CCCC(C(=O)NC=O)N1Cc2c(ccc(N3CCC(OC4CCCCC4)CC3)c2F)C1=O. The third-order valence-electron chi connectivity index (χ3n) is 7.20. The van der Waals surface area contributed by atoms with Crippen LogP contribution in [0, 0.1) is 5.82 Å². The smallest absolute Gasteiger partial charge is 0.255 e. The first-order valence-electron chi connectivity index (χ1n) is 12.3. The topological polar surface area (TPSA) is 79.0 Å². The number of carbonyl (C=O) groups is 3. The van der Waals surface area contributed by atoms with Gasteiger partial charge in [-0.3, -0.25) is 19.7 Å². The van der Waals surface area contributed by atoms with Gasteiger partial charge in [-0.05, 0) is 44.2 Å². The van der Waals surface area contributed by atoms with Crippen molar-refractivity contribution in [2.24, 2.45) is 0 Å². The second-order valence-electron chi connectivity index (χ2n) is 9.37. The van der Waals surface area contributed by atoms with Gasteiger partial charge in [0.05, 0.1) is 24.4 Å². The van der Waals surface area contributed by atoms with E-state index in [0.717, 1.165) is 25.7 Å².